The summed E-state index contributed by atoms with van der Waals surface area (Å²) in [5, 5.41) is 0. The molecule has 0 spiro atoms. The molecule has 2 rings (SSSR count). The van der Waals surface area contributed by atoms with Crippen LogP contribution in [0.4, 0.5) is 0 Å². The number of rotatable bonds is 4. The molecule has 4 heteroatoms. The zero-order valence-electron chi connectivity index (χ0n) is 12.5. The van der Waals surface area contributed by atoms with Crippen LogP contribution in [0.1, 0.15) is 27.1 Å². The van der Waals surface area contributed by atoms with Crippen molar-refractivity contribution in [1.82, 2.24) is 0 Å². The Kier molecular flexibility index (Phi) is 5.33. The molecule has 0 radical (unpaired) electrons. The van der Waals surface area contributed by atoms with Gasteiger partial charge in [-0.05, 0) is 48.2 Å². The number of hydrogen-bond donors (Lipinski definition) is 0. The van der Waals surface area contributed by atoms with Crippen molar-refractivity contribution in [3.63, 3.8) is 0 Å². The van der Waals surface area contributed by atoms with E-state index in [2.05, 4.69) is 63.9 Å². The molecule has 0 aliphatic rings. The highest BCUT2D eigenvalue weighted by Gasteiger charge is 2.18. The molecule has 0 bridgehead atoms. The molecule has 0 heterocycles. The van der Waals surface area contributed by atoms with Crippen LogP contribution in [0.3, 0.4) is 0 Å². The quantitative estimate of drug-likeness (QED) is 0.610. The van der Waals surface area contributed by atoms with Crippen LogP contribution in [0.2, 0.25) is 0 Å². The van der Waals surface area contributed by atoms with Gasteiger partial charge in [0, 0.05) is 4.47 Å². The summed E-state index contributed by atoms with van der Waals surface area (Å²) in [6, 6.07) is 10.4. The van der Waals surface area contributed by atoms with Crippen molar-refractivity contribution in [1.29, 1.82) is 0 Å². The highest BCUT2D eigenvalue weighted by Crippen LogP contribution is 2.41. The molecular formula is C17H18Br2O2. The zero-order valence-corrected chi connectivity index (χ0v) is 15.7. The van der Waals surface area contributed by atoms with Gasteiger partial charge in [-0.15, -0.1) is 0 Å². The lowest BCUT2D eigenvalue weighted by Gasteiger charge is -2.17. The zero-order chi connectivity index (χ0) is 15.6. The summed E-state index contributed by atoms with van der Waals surface area (Å²) >= 11 is 7.40. The summed E-state index contributed by atoms with van der Waals surface area (Å²) in [5.74, 6) is 1.44. The molecule has 21 heavy (non-hydrogen) atoms. The Morgan fingerprint density at radius 2 is 1.52 bits per heavy atom. The molecule has 0 aliphatic carbocycles. The van der Waals surface area contributed by atoms with Crippen molar-refractivity contribution < 1.29 is 9.47 Å². The van der Waals surface area contributed by atoms with E-state index in [1.54, 1.807) is 14.2 Å². The van der Waals surface area contributed by atoms with Crippen LogP contribution in [0.25, 0.3) is 0 Å². The van der Waals surface area contributed by atoms with Crippen LogP contribution >= 0.6 is 31.9 Å². The third-order valence-electron chi connectivity index (χ3n) is 3.60. The predicted octanol–water partition coefficient (Wildman–Crippen LogP) is 5.57. The molecule has 2 aromatic carbocycles. The molecule has 2 aromatic rings. The second-order valence-corrected chi connectivity index (χ2v) is 6.70. The number of benzene rings is 2. The maximum Gasteiger partial charge on any atom is 0.161 e. The smallest absolute Gasteiger partial charge is 0.161 e. The fraction of sp³-hybridized carbons (Fsp3) is 0.294. The minimum absolute atomic E-state index is 0.0889. The average molecular weight is 414 g/mol. The van der Waals surface area contributed by atoms with E-state index in [1.165, 1.54) is 16.7 Å². The largest absolute Gasteiger partial charge is 0.493 e. The number of hydrogen-bond acceptors (Lipinski definition) is 2. The van der Waals surface area contributed by atoms with Crippen LogP contribution < -0.4 is 9.47 Å². The van der Waals surface area contributed by atoms with E-state index in [-0.39, 0.29) is 4.83 Å². The van der Waals surface area contributed by atoms with E-state index in [4.69, 9.17) is 9.47 Å². The van der Waals surface area contributed by atoms with E-state index in [1.807, 2.05) is 12.1 Å². The van der Waals surface area contributed by atoms with E-state index in [0.717, 1.165) is 15.8 Å². The molecule has 1 unspecified atom stereocenters. The Bertz CT molecular complexity index is 653. The lowest BCUT2D eigenvalue weighted by molar-refractivity contribution is 0.354. The van der Waals surface area contributed by atoms with Crippen molar-refractivity contribution in [2.75, 3.05) is 14.2 Å². The van der Waals surface area contributed by atoms with E-state index >= 15 is 0 Å². The fourth-order valence-electron chi connectivity index (χ4n) is 2.17. The van der Waals surface area contributed by atoms with Crippen molar-refractivity contribution in [2.45, 2.75) is 18.7 Å². The molecule has 0 amide bonds. The maximum atomic E-state index is 5.39. The maximum absolute atomic E-state index is 5.39. The first kappa shape index (κ1) is 16.4. The highest BCUT2D eigenvalue weighted by atomic mass is 79.9. The molecule has 0 N–H and O–H groups in total. The monoisotopic (exact) mass is 412 g/mol. The highest BCUT2D eigenvalue weighted by molar-refractivity contribution is 9.11. The average Bonchev–Trinajstić information content (AvgIpc) is 2.49. The van der Waals surface area contributed by atoms with Gasteiger partial charge in [0.15, 0.2) is 11.5 Å². The number of alkyl halides is 1. The van der Waals surface area contributed by atoms with Crippen molar-refractivity contribution in [3.8, 4) is 11.5 Å². The Hall–Kier alpha value is -1.00. The normalized spacial score (nSPS) is 12.1. The third-order valence-corrected chi connectivity index (χ3v) is 5.31. The van der Waals surface area contributed by atoms with Crippen molar-refractivity contribution in [2.24, 2.45) is 0 Å². The van der Waals surface area contributed by atoms with E-state index in [0.29, 0.717) is 5.75 Å². The molecular weight excluding hydrogens is 396 g/mol. The van der Waals surface area contributed by atoms with Crippen molar-refractivity contribution in [3.05, 3.63) is 57.1 Å². The summed E-state index contributed by atoms with van der Waals surface area (Å²) < 4.78 is 11.7. The molecule has 112 valence electrons. The second kappa shape index (κ2) is 6.84. The van der Waals surface area contributed by atoms with Gasteiger partial charge < -0.3 is 9.47 Å². The number of aryl methyl sites for hydroxylation is 2. The van der Waals surface area contributed by atoms with Gasteiger partial charge in [-0.2, -0.15) is 0 Å². The lowest BCUT2D eigenvalue weighted by atomic mass is 10.00. The predicted molar refractivity (Wildman–Crippen MR) is 93.9 cm³/mol. The van der Waals surface area contributed by atoms with Gasteiger partial charge in [-0.1, -0.05) is 50.1 Å². The second-order valence-electron chi connectivity index (χ2n) is 4.93. The number of halogens is 2. The van der Waals surface area contributed by atoms with Crippen LogP contribution in [0.5, 0.6) is 11.5 Å². The van der Waals surface area contributed by atoms with E-state index < -0.39 is 0 Å². The summed E-state index contributed by atoms with van der Waals surface area (Å²) in [6.07, 6.45) is 0. The molecule has 1 atom stereocenters. The Balaban J connectivity index is 2.47. The van der Waals surface area contributed by atoms with E-state index in [9.17, 15) is 0 Å². The van der Waals surface area contributed by atoms with Gasteiger partial charge in [0.2, 0.25) is 0 Å². The van der Waals surface area contributed by atoms with Gasteiger partial charge >= 0.3 is 0 Å². The molecule has 0 aromatic heterocycles. The minimum Gasteiger partial charge on any atom is -0.493 e. The SMILES string of the molecule is COc1cc(Br)c(C(Br)c2ccc(C)c(C)c2)cc1OC. The van der Waals surface area contributed by atoms with Crippen molar-refractivity contribution >= 4 is 31.9 Å². The van der Waals surface area contributed by atoms with Crippen LogP contribution in [-0.2, 0) is 0 Å². The summed E-state index contributed by atoms with van der Waals surface area (Å²) in [7, 11) is 3.29. The Morgan fingerprint density at radius 1 is 0.905 bits per heavy atom. The summed E-state index contributed by atoms with van der Waals surface area (Å²) in [5.41, 5.74) is 4.90. The standard InChI is InChI=1S/C17H18Br2O2/c1-10-5-6-12(7-11(10)2)17(19)13-8-15(20-3)16(21-4)9-14(13)18/h5-9,17H,1-4H3. The van der Waals surface area contributed by atoms with Gasteiger partial charge in [-0.25, -0.2) is 0 Å². The first-order chi connectivity index (χ1) is 9.97. The van der Waals surface area contributed by atoms with Crippen LogP contribution in [0.15, 0.2) is 34.8 Å². The number of methoxy groups -OCH3 is 2. The molecule has 0 saturated heterocycles. The minimum atomic E-state index is 0.0889. The Labute approximate surface area is 142 Å². The van der Waals surface area contributed by atoms with Gasteiger partial charge in [-0.3, -0.25) is 0 Å². The molecule has 0 saturated carbocycles. The van der Waals surface area contributed by atoms with Gasteiger partial charge in [0.25, 0.3) is 0 Å². The fourth-order valence-corrected chi connectivity index (χ4v) is 3.69. The van der Waals surface area contributed by atoms with Gasteiger partial charge in [0.05, 0.1) is 19.0 Å². The Morgan fingerprint density at radius 3 is 2.10 bits per heavy atom. The molecule has 0 aliphatic heterocycles. The molecule has 2 nitrogen and oxygen atoms in total. The lowest BCUT2D eigenvalue weighted by Crippen LogP contribution is -1.98. The topological polar surface area (TPSA) is 18.5 Å². The molecule has 0 fully saturated rings. The van der Waals surface area contributed by atoms with Gasteiger partial charge in [0.1, 0.15) is 0 Å². The van der Waals surface area contributed by atoms with Crippen LogP contribution in [0, 0.1) is 13.8 Å². The van der Waals surface area contributed by atoms with Crippen LogP contribution in [-0.4, -0.2) is 14.2 Å². The first-order valence-corrected chi connectivity index (χ1v) is 8.31. The first-order valence-electron chi connectivity index (χ1n) is 6.60. The number of ether oxygens (including phenoxy) is 2. The third kappa shape index (κ3) is 3.43. The summed E-state index contributed by atoms with van der Waals surface area (Å²) in [6.45, 7) is 4.25. The summed E-state index contributed by atoms with van der Waals surface area (Å²) in [4.78, 5) is 0.0889.